The van der Waals surface area contributed by atoms with Crippen molar-refractivity contribution in [2.24, 2.45) is 0 Å². The summed E-state index contributed by atoms with van der Waals surface area (Å²) in [5.41, 5.74) is -0.865. The van der Waals surface area contributed by atoms with Crippen LogP contribution in [0, 0.1) is 5.95 Å². The van der Waals surface area contributed by atoms with Gasteiger partial charge in [0.1, 0.15) is 4.60 Å². The molecule has 1 aromatic heterocycles. The maximum Gasteiger partial charge on any atom is 0.307 e. The number of hydrogen-bond acceptors (Lipinski definition) is 2. The highest BCUT2D eigenvalue weighted by Gasteiger charge is 2.20. The lowest BCUT2D eigenvalue weighted by atomic mass is 10.1. The van der Waals surface area contributed by atoms with Gasteiger partial charge in [-0.25, -0.2) is 13.8 Å². The summed E-state index contributed by atoms with van der Waals surface area (Å²) in [5, 5.41) is 8.48. The van der Waals surface area contributed by atoms with Gasteiger partial charge in [-0.1, -0.05) is 0 Å². The number of hydrogen-bond donors (Lipinski definition) is 1. The van der Waals surface area contributed by atoms with E-state index >= 15 is 0 Å². The third kappa shape index (κ3) is 2.92. The molecule has 0 aromatic carbocycles. The SMILES string of the molecule is O=C(O)Cc1c(C(F)F)cc(F)nc1Br. The molecule has 82 valence electrons. The second-order valence-electron chi connectivity index (χ2n) is 2.67. The van der Waals surface area contributed by atoms with Gasteiger partial charge in [0.05, 0.1) is 6.42 Å². The predicted molar refractivity (Wildman–Crippen MR) is 48.2 cm³/mol. The lowest BCUT2D eigenvalue weighted by Crippen LogP contribution is -2.07. The molecule has 1 N–H and O–H groups in total. The molecule has 7 heteroatoms. The molecule has 1 heterocycles. The number of alkyl halides is 2. The van der Waals surface area contributed by atoms with Crippen molar-refractivity contribution in [2.45, 2.75) is 12.8 Å². The highest BCUT2D eigenvalue weighted by atomic mass is 79.9. The van der Waals surface area contributed by atoms with E-state index in [1.165, 1.54) is 0 Å². The van der Waals surface area contributed by atoms with Gasteiger partial charge in [-0.15, -0.1) is 0 Å². The molecule has 0 radical (unpaired) electrons. The number of carbonyl (C=O) groups is 1. The van der Waals surface area contributed by atoms with Crippen molar-refractivity contribution in [3.63, 3.8) is 0 Å². The Kier molecular flexibility index (Phi) is 3.67. The summed E-state index contributed by atoms with van der Waals surface area (Å²) < 4.78 is 37.3. The van der Waals surface area contributed by atoms with Crippen LogP contribution in [0.4, 0.5) is 13.2 Å². The molecule has 0 bridgehead atoms. The highest BCUT2D eigenvalue weighted by Crippen LogP contribution is 2.28. The average molecular weight is 284 g/mol. The number of nitrogens with zero attached hydrogens (tertiary/aromatic N) is 1. The number of carboxylic acid groups (broad SMARTS) is 1. The van der Waals surface area contributed by atoms with Crippen LogP contribution >= 0.6 is 15.9 Å². The molecular formula is C8H5BrF3NO2. The summed E-state index contributed by atoms with van der Waals surface area (Å²) in [6.45, 7) is 0. The topological polar surface area (TPSA) is 50.2 Å². The molecule has 0 aliphatic heterocycles. The zero-order valence-corrected chi connectivity index (χ0v) is 8.76. The minimum absolute atomic E-state index is 0.208. The molecule has 0 amide bonds. The Labute approximate surface area is 91.1 Å². The van der Waals surface area contributed by atoms with Gasteiger partial charge in [0, 0.05) is 17.2 Å². The molecule has 0 fully saturated rings. The number of carboxylic acids is 1. The number of pyridine rings is 1. The van der Waals surface area contributed by atoms with E-state index in [2.05, 4.69) is 20.9 Å². The van der Waals surface area contributed by atoms with E-state index < -0.39 is 30.3 Å². The first kappa shape index (κ1) is 12.0. The Balaban J connectivity index is 3.26. The fraction of sp³-hybridized carbons (Fsp3) is 0.250. The van der Waals surface area contributed by atoms with E-state index in [0.29, 0.717) is 6.07 Å². The highest BCUT2D eigenvalue weighted by molar-refractivity contribution is 9.10. The molecule has 0 unspecified atom stereocenters. The van der Waals surface area contributed by atoms with Crippen molar-refractivity contribution < 1.29 is 23.1 Å². The van der Waals surface area contributed by atoms with Crippen molar-refractivity contribution in [3.05, 3.63) is 27.7 Å². The molecule has 0 atom stereocenters. The van der Waals surface area contributed by atoms with E-state index in [9.17, 15) is 18.0 Å². The van der Waals surface area contributed by atoms with E-state index in [-0.39, 0.29) is 10.2 Å². The zero-order chi connectivity index (χ0) is 11.6. The fourth-order valence-corrected chi connectivity index (χ4v) is 1.59. The smallest absolute Gasteiger partial charge is 0.307 e. The van der Waals surface area contributed by atoms with Crippen LogP contribution in [-0.2, 0) is 11.2 Å². The normalized spacial score (nSPS) is 10.7. The lowest BCUT2D eigenvalue weighted by molar-refractivity contribution is -0.136. The van der Waals surface area contributed by atoms with Gasteiger partial charge >= 0.3 is 5.97 Å². The summed E-state index contributed by atoms with van der Waals surface area (Å²) in [6.07, 6.45) is -3.57. The second kappa shape index (κ2) is 4.61. The summed E-state index contributed by atoms with van der Waals surface area (Å²) in [7, 11) is 0. The van der Waals surface area contributed by atoms with E-state index in [4.69, 9.17) is 5.11 Å². The third-order valence-electron chi connectivity index (χ3n) is 1.64. The molecule has 1 rings (SSSR count). The number of rotatable bonds is 3. The first-order valence-corrected chi connectivity index (χ1v) is 4.56. The number of halogens is 4. The lowest BCUT2D eigenvalue weighted by Gasteiger charge is -2.08. The van der Waals surface area contributed by atoms with E-state index in [0.717, 1.165) is 0 Å². The van der Waals surface area contributed by atoms with Crippen LogP contribution in [0.25, 0.3) is 0 Å². The Bertz CT molecular complexity index is 398. The molecule has 0 aliphatic carbocycles. The summed E-state index contributed by atoms with van der Waals surface area (Å²) in [5.74, 6) is -2.36. The van der Waals surface area contributed by atoms with Crippen LogP contribution in [0.3, 0.4) is 0 Å². The van der Waals surface area contributed by atoms with Crippen LogP contribution in [0.5, 0.6) is 0 Å². The fourth-order valence-electron chi connectivity index (χ4n) is 1.05. The zero-order valence-electron chi connectivity index (χ0n) is 7.18. The van der Waals surface area contributed by atoms with Crippen molar-refractivity contribution in [1.29, 1.82) is 0 Å². The minimum atomic E-state index is -2.94. The Morgan fingerprint density at radius 2 is 2.20 bits per heavy atom. The largest absolute Gasteiger partial charge is 0.481 e. The summed E-state index contributed by atoms with van der Waals surface area (Å²) in [4.78, 5) is 13.6. The second-order valence-corrected chi connectivity index (χ2v) is 3.43. The average Bonchev–Trinajstić information content (AvgIpc) is 2.08. The van der Waals surface area contributed by atoms with Gasteiger partial charge in [0.15, 0.2) is 0 Å². The third-order valence-corrected chi connectivity index (χ3v) is 2.30. The van der Waals surface area contributed by atoms with E-state index in [1.54, 1.807) is 0 Å². The predicted octanol–water partition coefficient (Wildman–Crippen LogP) is 2.55. The van der Waals surface area contributed by atoms with Crippen molar-refractivity contribution in [1.82, 2.24) is 4.98 Å². The van der Waals surface area contributed by atoms with Gasteiger partial charge in [-0.05, 0) is 15.9 Å². The van der Waals surface area contributed by atoms with Crippen LogP contribution in [-0.4, -0.2) is 16.1 Å². The molecule has 15 heavy (non-hydrogen) atoms. The minimum Gasteiger partial charge on any atom is -0.481 e. The Hall–Kier alpha value is -1.11. The maximum absolute atomic E-state index is 12.7. The van der Waals surface area contributed by atoms with Crippen LogP contribution in [0.1, 0.15) is 17.6 Å². The Morgan fingerprint density at radius 1 is 1.60 bits per heavy atom. The first-order chi connectivity index (χ1) is 6.91. The maximum atomic E-state index is 12.7. The Morgan fingerprint density at radius 3 is 2.67 bits per heavy atom. The van der Waals surface area contributed by atoms with Gasteiger partial charge in [0.25, 0.3) is 6.43 Å². The number of aliphatic carboxylic acids is 1. The summed E-state index contributed by atoms with van der Waals surface area (Å²) >= 11 is 2.75. The van der Waals surface area contributed by atoms with Gasteiger partial charge in [0.2, 0.25) is 5.95 Å². The van der Waals surface area contributed by atoms with Crippen molar-refractivity contribution >= 4 is 21.9 Å². The monoisotopic (exact) mass is 283 g/mol. The molecule has 0 saturated heterocycles. The van der Waals surface area contributed by atoms with Crippen LogP contribution in [0.15, 0.2) is 10.7 Å². The molecule has 0 aliphatic rings. The molecule has 0 saturated carbocycles. The molecule has 3 nitrogen and oxygen atoms in total. The van der Waals surface area contributed by atoms with Crippen molar-refractivity contribution in [3.8, 4) is 0 Å². The first-order valence-electron chi connectivity index (χ1n) is 3.76. The summed E-state index contributed by atoms with van der Waals surface area (Å²) in [6, 6.07) is 0.535. The van der Waals surface area contributed by atoms with Crippen LogP contribution in [0.2, 0.25) is 0 Å². The van der Waals surface area contributed by atoms with E-state index in [1.807, 2.05) is 0 Å². The molecule has 0 spiro atoms. The van der Waals surface area contributed by atoms with Crippen molar-refractivity contribution in [2.75, 3.05) is 0 Å². The van der Waals surface area contributed by atoms with Gasteiger partial charge < -0.3 is 5.11 Å². The van der Waals surface area contributed by atoms with Gasteiger partial charge in [-0.3, -0.25) is 4.79 Å². The standard InChI is InChI=1S/C8H5BrF3NO2/c9-7-3(2-6(14)15)4(8(11)12)1-5(10)13-7/h1,8H,2H2,(H,14,15). The number of aromatic nitrogens is 1. The quantitative estimate of drug-likeness (QED) is 0.868. The van der Waals surface area contributed by atoms with Gasteiger partial charge in [-0.2, -0.15) is 4.39 Å². The molecule has 1 aromatic rings. The van der Waals surface area contributed by atoms with Crippen LogP contribution < -0.4 is 0 Å². The molecular weight excluding hydrogens is 279 g/mol.